The van der Waals surface area contributed by atoms with Gasteiger partial charge < -0.3 is 5.32 Å². The van der Waals surface area contributed by atoms with Crippen LogP contribution < -0.4 is 5.32 Å². The fourth-order valence-corrected chi connectivity index (χ4v) is 5.00. The quantitative estimate of drug-likeness (QED) is 0.537. The molecule has 2 aromatic heterocycles. The topological polar surface area (TPSA) is 92.3 Å². The molecule has 0 aliphatic carbocycles. The number of nitrogens with one attached hydrogen (secondary N) is 1. The van der Waals surface area contributed by atoms with Gasteiger partial charge in [0, 0.05) is 29.7 Å². The van der Waals surface area contributed by atoms with Gasteiger partial charge in [0.2, 0.25) is 15.9 Å². The lowest BCUT2D eigenvalue weighted by molar-refractivity contribution is -0.116. The number of nitrogens with zero attached hydrogens (tertiary/aromatic N) is 3. The van der Waals surface area contributed by atoms with Crippen molar-refractivity contribution < 1.29 is 13.2 Å². The third kappa shape index (κ3) is 4.73. The number of carbonyl (C=O) groups is 1. The number of aromatic nitrogens is 2. The molecule has 3 rings (SSSR count). The smallest absolute Gasteiger partial charge is 0.245 e. The van der Waals surface area contributed by atoms with Gasteiger partial charge in [-0.15, -0.1) is 11.3 Å². The Labute approximate surface area is 168 Å². The molecule has 7 nitrogen and oxygen atoms in total. The molecule has 0 aliphatic rings. The Morgan fingerprint density at radius 1 is 1.14 bits per heavy atom. The number of carbonyl (C=O) groups excluding carboxylic acids is 1. The number of pyridine rings is 1. The molecule has 9 heteroatoms. The van der Waals surface area contributed by atoms with E-state index < -0.39 is 15.9 Å². The first kappa shape index (κ1) is 20.4. The van der Waals surface area contributed by atoms with Crippen molar-refractivity contribution in [2.75, 3.05) is 18.4 Å². The number of anilines is 1. The van der Waals surface area contributed by atoms with Crippen molar-refractivity contribution in [2.24, 2.45) is 0 Å². The second-order valence-corrected chi connectivity index (χ2v) is 9.06. The van der Waals surface area contributed by atoms with Crippen LogP contribution in [0.5, 0.6) is 0 Å². The van der Waals surface area contributed by atoms with Crippen LogP contribution in [0.1, 0.15) is 26.2 Å². The maximum absolute atomic E-state index is 13.4. The van der Waals surface area contributed by atoms with Gasteiger partial charge in [0.05, 0.1) is 12.1 Å². The van der Waals surface area contributed by atoms with Crippen LogP contribution >= 0.6 is 11.3 Å². The summed E-state index contributed by atoms with van der Waals surface area (Å²) in [5.41, 5.74) is 0.408. The molecule has 0 spiro atoms. The minimum Gasteiger partial charge on any atom is -0.301 e. The summed E-state index contributed by atoms with van der Waals surface area (Å²) in [5.74, 6) is -0.414. The zero-order valence-corrected chi connectivity index (χ0v) is 17.2. The van der Waals surface area contributed by atoms with Gasteiger partial charge in [-0.05, 0) is 18.6 Å². The van der Waals surface area contributed by atoms with Crippen molar-refractivity contribution in [2.45, 2.75) is 31.1 Å². The zero-order valence-electron chi connectivity index (χ0n) is 15.5. The van der Waals surface area contributed by atoms with Crippen LogP contribution in [0.3, 0.4) is 0 Å². The third-order valence-electron chi connectivity index (χ3n) is 4.22. The molecule has 0 radical (unpaired) electrons. The number of hydrogen-bond donors (Lipinski definition) is 1. The molecular formula is C19H22N4O3S2. The van der Waals surface area contributed by atoms with E-state index in [0.29, 0.717) is 17.1 Å². The predicted molar refractivity (Wildman–Crippen MR) is 111 cm³/mol. The summed E-state index contributed by atoms with van der Waals surface area (Å²) in [6.45, 7) is 2.04. The number of rotatable bonds is 9. The molecule has 3 aromatic rings. The monoisotopic (exact) mass is 418 g/mol. The van der Waals surface area contributed by atoms with Crippen LogP contribution in [-0.2, 0) is 14.8 Å². The molecule has 1 N–H and O–H groups in total. The highest BCUT2D eigenvalue weighted by Gasteiger charge is 2.28. The molecule has 148 valence electrons. The maximum Gasteiger partial charge on any atom is 0.245 e. The van der Waals surface area contributed by atoms with Crippen molar-refractivity contribution >= 4 is 43.3 Å². The van der Waals surface area contributed by atoms with Crippen LogP contribution in [0.25, 0.3) is 10.9 Å². The van der Waals surface area contributed by atoms with E-state index in [9.17, 15) is 13.2 Å². The minimum absolute atomic E-state index is 0.115. The summed E-state index contributed by atoms with van der Waals surface area (Å²) in [6, 6.07) is 8.63. The summed E-state index contributed by atoms with van der Waals surface area (Å²) in [7, 11) is -3.89. The summed E-state index contributed by atoms with van der Waals surface area (Å²) < 4.78 is 28.0. The largest absolute Gasteiger partial charge is 0.301 e. The molecular weight excluding hydrogens is 396 g/mol. The Bertz CT molecular complexity index is 1030. The first-order valence-electron chi connectivity index (χ1n) is 9.05. The predicted octanol–water partition coefficient (Wildman–Crippen LogP) is 3.51. The number of thiazole rings is 1. The van der Waals surface area contributed by atoms with Crippen molar-refractivity contribution in [1.82, 2.24) is 14.3 Å². The van der Waals surface area contributed by atoms with Gasteiger partial charge in [0.25, 0.3) is 0 Å². The molecule has 0 saturated carbocycles. The average molecular weight is 419 g/mol. The number of hydrogen-bond acceptors (Lipinski definition) is 6. The number of unbranched alkanes of at least 4 members (excludes halogenated alkanes) is 2. The number of fused-ring (bicyclic) bond motifs is 1. The van der Waals surface area contributed by atoms with E-state index in [4.69, 9.17) is 0 Å². The van der Waals surface area contributed by atoms with E-state index >= 15 is 0 Å². The molecule has 28 heavy (non-hydrogen) atoms. The number of benzene rings is 1. The Hall–Kier alpha value is -2.36. The maximum atomic E-state index is 13.4. The zero-order chi connectivity index (χ0) is 20.0. The van der Waals surface area contributed by atoms with Crippen LogP contribution in [0, 0.1) is 0 Å². The second kappa shape index (κ2) is 9.22. The average Bonchev–Trinajstić information content (AvgIpc) is 3.19. The van der Waals surface area contributed by atoms with Gasteiger partial charge >= 0.3 is 0 Å². The summed E-state index contributed by atoms with van der Waals surface area (Å²) in [5, 5.41) is 5.58. The molecule has 0 bridgehead atoms. The highest BCUT2D eigenvalue weighted by atomic mass is 32.2. The lowest BCUT2D eigenvalue weighted by atomic mass is 10.2. The summed E-state index contributed by atoms with van der Waals surface area (Å²) in [6.07, 6.45) is 5.66. The van der Waals surface area contributed by atoms with Gasteiger partial charge in [-0.2, -0.15) is 4.31 Å². The van der Waals surface area contributed by atoms with Crippen molar-refractivity contribution in [3.05, 3.63) is 48.1 Å². The second-order valence-electron chi connectivity index (χ2n) is 6.26. The van der Waals surface area contributed by atoms with Crippen molar-refractivity contribution in [3.63, 3.8) is 0 Å². The summed E-state index contributed by atoms with van der Waals surface area (Å²) >= 11 is 1.28. The number of amides is 1. The van der Waals surface area contributed by atoms with Gasteiger partial charge in [0.15, 0.2) is 5.13 Å². The van der Waals surface area contributed by atoms with Crippen molar-refractivity contribution in [1.29, 1.82) is 0 Å². The minimum atomic E-state index is -3.89. The van der Waals surface area contributed by atoms with E-state index in [2.05, 4.69) is 15.3 Å². The first-order valence-corrected chi connectivity index (χ1v) is 11.4. The standard InChI is InChI=1S/C19H22N4O3S2/c1-2-3-4-12-23(14-17(24)22-19-21-11-13-27-19)28(25,26)16-9-5-7-15-8-6-10-20-18(15)16/h5-11,13H,2-4,12,14H2,1H3,(H,21,22,24). The van der Waals surface area contributed by atoms with Crippen LogP contribution in [0.15, 0.2) is 53.0 Å². The molecule has 0 saturated heterocycles. The number of para-hydroxylation sites is 1. The van der Waals surface area contributed by atoms with Gasteiger partial charge in [-0.1, -0.05) is 38.0 Å². The van der Waals surface area contributed by atoms with Gasteiger partial charge in [-0.3, -0.25) is 9.78 Å². The van der Waals surface area contributed by atoms with Crippen LogP contribution in [0.4, 0.5) is 5.13 Å². The van der Waals surface area contributed by atoms with Crippen LogP contribution in [-0.4, -0.2) is 41.7 Å². The Morgan fingerprint density at radius 3 is 2.71 bits per heavy atom. The van der Waals surface area contributed by atoms with Crippen molar-refractivity contribution in [3.8, 4) is 0 Å². The molecule has 1 aromatic carbocycles. The Balaban J connectivity index is 1.89. The molecule has 0 aliphatic heterocycles. The molecule has 0 fully saturated rings. The van der Waals surface area contributed by atoms with Gasteiger partial charge in [0.1, 0.15) is 4.90 Å². The molecule has 0 atom stereocenters. The highest BCUT2D eigenvalue weighted by molar-refractivity contribution is 7.89. The highest BCUT2D eigenvalue weighted by Crippen LogP contribution is 2.24. The van der Waals surface area contributed by atoms with E-state index in [-0.39, 0.29) is 18.0 Å². The SMILES string of the molecule is CCCCCN(CC(=O)Nc1nccs1)S(=O)(=O)c1cccc2cccnc12. The van der Waals surface area contributed by atoms with E-state index in [1.807, 2.05) is 19.1 Å². The fraction of sp³-hybridized carbons (Fsp3) is 0.316. The molecule has 0 unspecified atom stereocenters. The molecule has 2 heterocycles. The Morgan fingerprint density at radius 2 is 1.96 bits per heavy atom. The van der Waals surface area contributed by atoms with E-state index in [0.717, 1.165) is 18.2 Å². The van der Waals surface area contributed by atoms with E-state index in [1.165, 1.54) is 21.7 Å². The fourth-order valence-electron chi connectivity index (χ4n) is 2.85. The van der Waals surface area contributed by atoms with E-state index in [1.54, 1.807) is 29.9 Å². The third-order valence-corrected chi connectivity index (χ3v) is 6.79. The lowest BCUT2D eigenvalue weighted by Crippen LogP contribution is -2.38. The summed E-state index contributed by atoms with van der Waals surface area (Å²) in [4.78, 5) is 20.8. The number of sulfonamides is 1. The van der Waals surface area contributed by atoms with Gasteiger partial charge in [-0.25, -0.2) is 13.4 Å². The lowest BCUT2D eigenvalue weighted by Gasteiger charge is -2.22. The molecule has 1 amide bonds. The first-order chi connectivity index (χ1) is 13.5. The van der Waals surface area contributed by atoms with Crippen LogP contribution in [0.2, 0.25) is 0 Å². The Kier molecular flexibility index (Phi) is 6.71. The normalized spacial score (nSPS) is 11.8.